The van der Waals surface area contributed by atoms with E-state index >= 15 is 0 Å². The van der Waals surface area contributed by atoms with Gasteiger partial charge in [0.2, 0.25) is 0 Å². The highest BCUT2D eigenvalue weighted by Gasteiger charge is 2.31. The monoisotopic (exact) mass is 354 g/mol. The molecule has 1 aromatic heterocycles. The molecule has 3 rings (SSSR count). The molecule has 136 valence electrons. The van der Waals surface area contributed by atoms with Gasteiger partial charge >= 0.3 is 0 Å². The lowest BCUT2D eigenvalue weighted by Crippen LogP contribution is -2.48. The first-order valence-electron chi connectivity index (χ1n) is 8.71. The van der Waals surface area contributed by atoms with Gasteiger partial charge in [0.1, 0.15) is 5.69 Å². The normalized spacial score (nSPS) is 18.8. The quantitative estimate of drug-likeness (QED) is 0.705. The van der Waals surface area contributed by atoms with Crippen molar-refractivity contribution < 1.29 is 19.4 Å². The Balaban J connectivity index is 1.64. The Morgan fingerprint density at radius 1 is 1.27 bits per heavy atom. The molecule has 1 fully saturated rings. The molecular weight excluding hydrogens is 332 g/mol. The summed E-state index contributed by atoms with van der Waals surface area (Å²) in [6.45, 7) is 0.324. The van der Waals surface area contributed by atoms with Crippen LogP contribution in [0.4, 0.5) is 0 Å². The third-order valence-corrected chi connectivity index (χ3v) is 4.38. The fourth-order valence-electron chi connectivity index (χ4n) is 3.01. The van der Waals surface area contributed by atoms with Crippen LogP contribution in [0, 0.1) is 0 Å². The lowest BCUT2D eigenvalue weighted by molar-refractivity contribution is -0.0286. The predicted octanol–water partition coefficient (Wildman–Crippen LogP) is 1.75. The maximum atomic E-state index is 12.5. The highest BCUT2D eigenvalue weighted by atomic mass is 16.5. The first kappa shape index (κ1) is 18.2. The molecule has 1 heterocycles. The molecule has 0 atom stereocenters. The second kappa shape index (κ2) is 8.69. The molecule has 0 spiro atoms. The standard InChI is InChI=1S/C20H22N2O4/c23-6-7-26-19-11-17(12-19)22-20(25)15-9-16(21-18(10-15)13-24)8-14-4-2-1-3-5-14/h1-5,9-10,13,17,19,23H,6-8,11-12H2,(H,22,25). The molecule has 6 nitrogen and oxygen atoms in total. The van der Waals surface area contributed by atoms with Crippen molar-refractivity contribution in [3.05, 3.63) is 65.0 Å². The van der Waals surface area contributed by atoms with E-state index in [-0.39, 0.29) is 30.4 Å². The third-order valence-electron chi connectivity index (χ3n) is 4.38. The van der Waals surface area contributed by atoms with Crippen molar-refractivity contribution in [1.29, 1.82) is 0 Å². The summed E-state index contributed by atoms with van der Waals surface area (Å²) in [5, 5.41) is 11.7. The molecule has 1 aliphatic rings. The molecule has 0 bridgehead atoms. The Hall–Kier alpha value is -2.57. The molecule has 1 aliphatic carbocycles. The fourth-order valence-corrected chi connectivity index (χ4v) is 3.01. The number of pyridine rings is 1. The van der Waals surface area contributed by atoms with Crippen LogP contribution in [0.2, 0.25) is 0 Å². The lowest BCUT2D eigenvalue weighted by atomic mass is 9.89. The van der Waals surface area contributed by atoms with Crippen LogP contribution < -0.4 is 5.32 Å². The molecule has 0 radical (unpaired) electrons. The number of amides is 1. The molecule has 1 amide bonds. The predicted molar refractivity (Wildman–Crippen MR) is 96.2 cm³/mol. The first-order chi connectivity index (χ1) is 12.7. The van der Waals surface area contributed by atoms with Gasteiger partial charge in [-0.25, -0.2) is 4.98 Å². The highest BCUT2D eigenvalue weighted by Crippen LogP contribution is 2.23. The summed E-state index contributed by atoms with van der Waals surface area (Å²) in [5.41, 5.74) is 2.44. The molecule has 2 N–H and O–H groups in total. The fraction of sp³-hybridized carbons (Fsp3) is 0.350. The van der Waals surface area contributed by atoms with E-state index in [4.69, 9.17) is 9.84 Å². The number of nitrogens with zero attached hydrogens (tertiary/aromatic N) is 1. The Kier molecular flexibility index (Phi) is 6.09. The Morgan fingerprint density at radius 3 is 2.73 bits per heavy atom. The summed E-state index contributed by atoms with van der Waals surface area (Å²) in [5.74, 6) is -0.213. The van der Waals surface area contributed by atoms with Crippen molar-refractivity contribution in [1.82, 2.24) is 10.3 Å². The number of rotatable bonds is 8. The number of hydrogen-bond donors (Lipinski definition) is 2. The van der Waals surface area contributed by atoms with Crippen LogP contribution in [0.25, 0.3) is 0 Å². The van der Waals surface area contributed by atoms with Gasteiger partial charge in [0, 0.05) is 23.7 Å². The van der Waals surface area contributed by atoms with Crippen molar-refractivity contribution >= 4 is 12.2 Å². The molecule has 1 aromatic carbocycles. The van der Waals surface area contributed by atoms with Crippen LogP contribution in [0.5, 0.6) is 0 Å². The Labute approximate surface area is 152 Å². The number of ether oxygens (including phenoxy) is 1. The number of carbonyl (C=O) groups excluding carboxylic acids is 2. The zero-order valence-corrected chi connectivity index (χ0v) is 14.4. The summed E-state index contributed by atoms with van der Waals surface area (Å²) >= 11 is 0. The molecule has 6 heteroatoms. The number of nitrogens with one attached hydrogen (secondary N) is 1. The van der Waals surface area contributed by atoms with Crippen LogP contribution in [0.1, 0.15) is 44.9 Å². The van der Waals surface area contributed by atoms with Gasteiger partial charge in [-0.1, -0.05) is 30.3 Å². The molecule has 0 unspecified atom stereocenters. The van der Waals surface area contributed by atoms with Crippen LogP contribution in [0.15, 0.2) is 42.5 Å². The van der Waals surface area contributed by atoms with Crippen molar-refractivity contribution in [3.63, 3.8) is 0 Å². The molecule has 2 aromatic rings. The smallest absolute Gasteiger partial charge is 0.251 e. The molecule has 0 saturated heterocycles. The highest BCUT2D eigenvalue weighted by molar-refractivity contribution is 5.95. The largest absolute Gasteiger partial charge is 0.394 e. The minimum atomic E-state index is -0.213. The van der Waals surface area contributed by atoms with E-state index in [9.17, 15) is 9.59 Å². The SMILES string of the molecule is O=Cc1cc(C(=O)NC2CC(OCCO)C2)cc(Cc2ccccc2)n1. The van der Waals surface area contributed by atoms with Crippen LogP contribution >= 0.6 is 0 Å². The van der Waals surface area contributed by atoms with Gasteiger partial charge in [-0.2, -0.15) is 0 Å². The zero-order valence-electron chi connectivity index (χ0n) is 14.4. The summed E-state index contributed by atoms with van der Waals surface area (Å²) in [6, 6.07) is 13.1. The minimum Gasteiger partial charge on any atom is -0.394 e. The second-order valence-electron chi connectivity index (χ2n) is 6.41. The van der Waals surface area contributed by atoms with E-state index in [0.29, 0.717) is 30.6 Å². The second-order valence-corrected chi connectivity index (χ2v) is 6.41. The van der Waals surface area contributed by atoms with E-state index in [1.54, 1.807) is 6.07 Å². The third kappa shape index (κ3) is 4.74. The Morgan fingerprint density at radius 2 is 2.04 bits per heavy atom. The maximum Gasteiger partial charge on any atom is 0.251 e. The van der Waals surface area contributed by atoms with Gasteiger partial charge in [-0.05, 0) is 30.5 Å². The van der Waals surface area contributed by atoms with E-state index in [0.717, 1.165) is 18.4 Å². The van der Waals surface area contributed by atoms with Crippen LogP contribution in [0.3, 0.4) is 0 Å². The Bertz CT molecular complexity index is 758. The van der Waals surface area contributed by atoms with Crippen LogP contribution in [-0.4, -0.2) is 47.6 Å². The summed E-state index contributed by atoms with van der Waals surface area (Å²) in [4.78, 5) is 28.0. The van der Waals surface area contributed by atoms with Gasteiger partial charge in [0.05, 0.1) is 19.3 Å². The summed E-state index contributed by atoms with van der Waals surface area (Å²) in [6.07, 6.45) is 2.77. The number of aromatic nitrogens is 1. The molecule has 26 heavy (non-hydrogen) atoms. The van der Waals surface area contributed by atoms with E-state index in [1.165, 1.54) is 6.07 Å². The topological polar surface area (TPSA) is 88.5 Å². The van der Waals surface area contributed by atoms with Gasteiger partial charge in [0.15, 0.2) is 6.29 Å². The zero-order chi connectivity index (χ0) is 18.4. The molecule has 0 aliphatic heterocycles. The number of aldehydes is 1. The average molecular weight is 354 g/mol. The number of aliphatic hydroxyl groups is 1. The van der Waals surface area contributed by atoms with Crippen LogP contribution in [-0.2, 0) is 11.2 Å². The molecular formula is C20H22N2O4. The van der Waals surface area contributed by atoms with Gasteiger partial charge in [0.25, 0.3) is 5.91 Å². The molecule has 1 saturated carbocycles. The number of benzene rings is 1. The van der Waals surface area contributed by atoms with Crippen molar-refractivity contribution in [2.75, 3.05) is 13.2 Å². The van der Waals surface area contributed by atoms with Gasteiger partial charge < -0.3 is 15.2 Å². The maximum absolute atomic E-state index is 12.5. The van der Waals surface area contributed by atoms with E-state index in [1.807, 2.05) is 30.3 Å². The van der Waals surface area contributed by atoms with Gasteiger partial charge in [-0.15, -0.1) is 0 Å². The van der Waals surface area contributed by atoms with E-state index in [2.05, 4.69) is 10.3 Å². The average Bonchev–Trinajstić information content (AvgIpc) is 2.63. The van der Waals surface area contributed by atoms with Crippen molar-refractivity contribution in [2.24, 2.45) is 0 Å². The van der Waals surface area contributed by atoms with E-state index < -0.39 is 0 Å². The minimum absolute atomic E-state index is 0.00318. The lowest BCUT2D eigenvalue weighted by Gasteiger charge is -2.35. The number of hydrogen-bond acceptors (Lipinski definition) is 5. The first-order valence-corrected chi connectivity index (χ1v) is 8.71. The van der Waals surface area contributed by atoms with Gasteiger partial charge in [-0.3, -0.25) is 9.59 Å². The number of carbonyl (C=O) groups is 2. The van der Waals surface area contributed by atoms with Crippen molar-refractivity contribution in [3.8, 4) is 0 Å². The summed E-state index contributed by atoms with van der Waals surface area (Å²) < 4.78 is 5.41. The summed E-state index contributed by atoms with van der Waals surface area (Å²) in [7, 11) is 0. The van der Waals surface area contributed by atoms with Crippen molar-refractivity contribution in [2.45, 2.75) is 31.4 Å². The number of aliphatic hydroxyl groups excluding tert-OH is 1.